The Kier molecular flexibility index (Phi) is 3.99. The maximum atomic E-state index is 11.2. The summed E-state index contributed by atoms with van der Waals surface area (Å²) in [5.74, 6) is 0.375. The van der Waals surface area contributed by atoms with Crippen molar-refractivity contribution < 1.29 is 9.66 Å². The molecule has 0 spiro atoms. The Morgan fingerprint density at radius 2 is 2.20 bits per heavy atom. The van der Waals surface area contributed by atoms with Gasteiger partial charge in [-0.25, -0.2) is 0 Å². The largest absolute Gasteiger partial charge is 0.483 e. The first-order valence-electron chi connectivity index (χ1n) is 7.01. The molecule has 5 heteroatoms. The standard InChI is InChI=1S/C15H22N2O3/c1-5-10-6-7-12(11(8-10)17(18)19)20-14-9-13(16-4)15(14,2)3/h6-8,13-14,16H,5,9H2,1-4H3. The van der Waals surface area contributed by atoms with E-state index in [1.165, 1.54) is 0 Å². The lowest BCUT2D eigenvalue weighted by molar-refractivity contribution is -0.386. The highest BCUT2D eigenvalue weighted by molar-refractivity contribution is 5.49. The molecule has 1 N–H and O–H groups in total. The van der Waals surface area contributed by atoms with Crippen LogP contribution in [0.3, 0.4) is 0 Å². The quantitative estimate of drug-likeness (QED) is 0.664. The van der Waals surface area contributed by atoms with E-state index in [9.17, 15) is 10.1 Å². The van der Waals surface area contributed by atoms with Gasteiger partial charge in [0.2, 0.25) is 0 Å². The number of ether oxygens (including phenoxy) is 1. The number of benzene rings is 1. The number of rotatable bonds is 5. The third-order valence-corrected chi connectivity index (χ3v) is 4.42. The van der Waals surface area contributed by atoms with Gasteiger partial charge in [-0.05, 0) is 25.1 Å². The second kappa shape index (κ2) is 5.40. The number of nitro groups is 1. The summed E-state index contributed by atoms with van der Waals surface area (Å²) < 4.78 is 5.91. The van der Waals surface area contributed by atoms with Gasteiger partial charge in [-0.2, -0.15) is 0 Å². The fourth-order valence-electron chi connectivity index (χ4n) is 2.75. The highest BCUT2D eigenvalue weighted by Crippen LogP contribution is 2.44. The number of nitrogens with one attached hydrogen (secondary N) is 1. The first kappa shape index (κ1) is 14.8. The van der Waals surface area contributed by atoms with Crippen molar-refractivity contribution in [1.82, 2.24) is 5.32 Å². The van der Waals surface area contributed by atoms with Crippen molar-refractivity contribution in [3.05, 3.63) is 33.9 Å². The highest BCUT2D eigenvalue weighted by atomic mass is 16.6. The smallest absolute Gasteiger partial charge is 0.311 e. The van der Waals surface area contributed by atoms with E-state index in [0.717, 1.165) is 18.4 Å². The van der Waals surface area contributed by atoms with Gasteiger partial charge in [-0.3, -0.25) is 10.1 Å². The van der Waals surface area contributed by atoms with Crippen LogP contribution in [0.5, 0.6) is 5.75 Å². The molecule has 1 saturated carbocycles. The molecule has 2 unspecified atom stereocenters. The van der Waals surface area contributed by atoms with Crippen LogP contribution >= 0.6 is 0 Å². The zero-order valence-electron chi connectivity index (χ0n) is 12.5. The molecular formula is C15H22N2O3. The summed E-state index contributed by atoms with van der Waals surface area (Å²) in [6.07, 6.45) is 1.65. The molecule has 1 aliphatic rings. The first-order chi connectivity index (χ1) is 9.40. The summed E-state index contributed by atoms with van der Waals surface area (Å²) in [7, 11) is 1.93. The van der Waals surface area contributed by atoms with E-state index in [2.05, 4.69) is 19.2 Å². The maximum absolute atomic E-state index is 11.2. The summed E-state index contributed by atoms with van der Waals surface area (Å²) in [5, 5.41) is 14.4. The van der Waals surface area contributed by atoms with Crippen molar-refractivity contribution in [3.63, 3.8) is 0 Å². The van der Waals surface area contributed by atoms with Gasteiger partial charge in [-0.1, -0.05) is 26.8 Å². The monoisotopic (exact) mass is 278 g/mol. The third kappa shape index (κ3) is 2.50. The van der Waals surface area contributed by atoms with E-state index in [1.54, 1.807) is 12.1 Å². The van der Waals surface area contributed by atoms with Gasteiger partial charge in [0.25, 0.3) is 0 Å². The topological polar surface area (TPSA) is 64.4 Å². The van der Waals surface area contributed by atoms with Gasteiger partial charge >= 0.3 is 5.69 Å². The summed E-state index contributed by atoms with van der Waals surface area (Å²) in [6, 6.07) is 5.61. The Bertz CT molecular complexity index is 514. The zero-order valence-corrected chi connectivity index (χ0v) is 12.5. The number of nitro benzene ring substituents is 1. The van der Waals surface area contributed by atoms with Crippen LogP contribution < -0.4 is 10.1 Å². The average Bonchev–Trinajstić information content (AvgIpc) is 2.42. The predicted molar refractivity (Wildman–Crippen MR) is 78.1 cm³/mol. The molecule has 0 bridgehead atoms. The first-order valence-corrected chi connectivity index (χ1v) is 7.01. The molecule has 20 heavy (non-hydrogen) atoms. The van der Waals surface area contributed by atoms with Crippen LogP contribution in [0.15, 0.2) is 18.2 Å². The van der Waals surface area contributed by atoms with Crippen LogP contribution in [-0.2, 0) is 6.42 Å². The summed E-state index contributed by atoms with van der Waals surface area (Å²) in [5.41, 5.74) is 0.990. The van der Waals surface area contributed by atoms with E-state index in [1.807, 2.05) is 20.0 Å². The molecule has 0 radical (unpaired) electrons. The van der Waals surface area contributed by atoms with Crippen LogP contribution in [0.4, 0.5) is 5.69 Å². The van der Waals surface area contributed by atoms with Crippen molar-refractivity contribution in [2.45, 2.75) is 45.8 Å². The zero-order chi connectivity index (χ0) is 14.9. The highest BCUT2D eigenvalue weighted by Gasteiger charge is 2.49. The summed E-state index contributed by atoms with van der Waals surface area (Å²) in [6.45, 7) is 6.22. The number of aryl methyl sites for hydroxylation is 1. The third-order valence-electron chi connectivity index (χ3n) is 4.42. The molecule has 2 atom stereocenters. The molecule has 0 saturated heterocycles. The van der Waals surface area contributed by atoms with Crippen LogP contribution in [0.2, 0.25) is 0 Å². The maximum Gasteiger partial charge on any atom is 0.311 e. The molecule has 5 nitrogen and oxygen atoms in total. The van der Waals surface area contributed by atoms with Crippen molar-refractivity contribution in [3.8, 4) is 5.75 Å². The minimum atomic E-state index is -0.365. The lowest BCUT2D eigenvalue weighted by Gasteiger charge is -2.51. The SMILES string of the molecule is CCc1ccc(OC2CC(NC)C2(C)C)c([N+](=O)[O-])c1. The van der Waals surface area contributed by atoms with Crippen molar-refractivity contribution in [1.29, 1.82) is 0 Å². The molecule has 0 aromatic heterocycles. The van der Waals surface area contributed by atoms with E-state index < -0.39 is 0 Å². The lowest BCUT2D eigenvalue weighted by Crippen LogP contribution is -2.61. The molecule has 110 valence electrons. The van der Waals surface area contributed by atoms with E-state index >= 15 is 0 Å². The average molecular weight is 278 g/mol. The fourth-order valence-corrected chi connectivity index (χ4v) is 2.75. The van der Waals surface area contributed by atoms with Gasteiger partial charge in [0.05, 0.1) is 4.92 Å². The molecule has 0 heterocycles. The Hall–Kier alpha value is -1.62. The van der Waals surface area contributed by atoms with E-state index in [0.29, 0.717) is 11.8 Å². The van der Waals surface area contributed by atoms with Crippen LogP contribution in [0, 0.1) is 15.5 Å². The lowest BCUT2D eigenvalue weighted by atomic mass is 9.64. The number of nitrogens with zero attached hydrogens (tertiary/aromatic N) is 1. The summed E-state index contributed by atoms with van der Waals surface area (Å²) in [4.78, 5) is 10.8. The Balaban J connectivity index is 2.20. The van der Waals surface area contributed by atoms with Crippen LogP contribution in [0.25, 0.3) is 0 Å². The minimum absolute atomic E-state index is 0.00567. The molecule has 1 fully saturated rings. The Morgan fingerprint density at radius 3 is 2.70 bits per heavy atom. The fraction of sp³-hybridized carbons (Fsp3) is 0.600. The minimum Gasteiger partial charge on any atom is -0.483 e. The number of hydrogen-bond donors (Lipinski definition) is 1. The second-order valence-electron chi connectivity index (χ2n) is 5.92. The Morgan fingerprint density at radius 1 is 1.50 bits per heavy atom. The second-order valence-corrected chi connectivity index (χ2v) is 5.92. The molecule has 2 rings (SSSR count). The molecule has 1 aromatic carbocycles. The van der Waals surface area contributed by atoms with E-state index in [4.69, 9.17) is 4.74 Å². The molecule has 0 amide bonds. The predicted octanol–water partition coefficient (Wildman–Crippen LogP) is 2.92. The van der Waals surface area contributed by atoms with Crippen molar-refractivity contribution in [2.24, 2.45) is 5.41 Å². The summed E-state index contributed by atoms with van der Waals surface area (Å²) >= 11 is 0. The molecule has 1 aromatic rings. The number of hydrogen-bond acceptors (Lipinski definition) is 4. The Labute approximate surface area is 119 Å². The molecular weight excluding hydrogens is 256 g/mol. The van der Waals surface area contributed by atoms with Gasteiger partial charge in [0.1, 0.15) is 6.10 Å². The van der Waals surface area contributed by atoms with Gasteiger partial charge < -0.3 is 10.1 Å². The normalized spacial score (nSPS) is 24.0. The van der Waals surface area contributed by atoms with Gasteiger partial charge in [-0.15, -0.1) is 0 Å². The van der Waals surface area contributed by atoms with E-state index in [-0.39, 0.29) is 22.1 Å². The molecule has 1 aliphatic carbocycles. The van der Waals surface area contributed by atoms with Crippen LogP contribution in [0.1, 0.15) is 32.8 Å². The van der Waals surface area contributed by atoms with Crippen LogP contribution in [-0.4, -0.2) is 24.1 Å². The van der Waals surface area contributed by atoms with Crippen molar-refractivity contribution >= 4 is 5.69 Å². The van der Waals surface area contributed by atoms with Gasteiger partial charge in [0.15, 0.2) is 5.75 Å². The van der Waals surface area contributed by atoms with Crippen molar-refractivity contribution in [2.75, 3.05) is 7.05 Å². The van der Waals surface area contributed by atoms with Gasteiger partial charge in [0, 0.05) is 23.9 Å². The molecule has 0 aliphatic heterocycles.